The Morgan fingerprint density at radius 2 is 1.92 bits per heavy atom. The topological polar surface area (TPSA) is 46.2 Å². The van der Waals surface area contributed by atoms with E-state index >= 15 is 0 Å². The molecule has 1 aliphatic rings. The van der Waals surface area contributed by atoms with Gasteiger partial charge in [-0.15, -0.1) is 0 Å². The zero-order valence-electron chi connectivity index (χ0n) is 8.26. The molecule has 0 spiro atoms. The summed E-state index contributed by atoms with van der Waals surface area (Å²) in [4.78, 5) is 22.0. The largest absolute Gasteiger partial charge is 0.292 e. The summed E-state index contributed by atoms with van der Waals surface area (Å²) in [5.74, 6) is 0.423. The highest BCUT2D eigenvalue weighted by Crippen LogP contribution is 2.17. The third-order valence-electron chi connectivity index (χ3n) is 2.41. The molecule has 0 aromatic rings. The summed E-state index contributed by atoms with van der Waals surface area (Å²) in [6.07, 6.45) is 2.14. The van der Waals surface area contributed by atoms with Crippen LogP contribution in [0.5, 0.6) is 0 Å². The number of nitrogens with one attached hydrogen (secondary N) is 1. The summed E-state index contributed by atoms with van der Waals surface area (Å²) < 4.78 is 0. The van der Waals surface area contributed by atoms with Crippen molar-refractivity contribution in [1.29, 1.82) is 0 Å². The first-order valence-electron chi connectivity index (χ1n) is 4.55. The Labute approximate surface area is 78.2 Å². The van der Waals surface area contributed by atoms with Crippen LogP contribution in [0.3, 0.4) is 0 Å². The molecule has 1 N–H and O–H groups in total. The summed E-state index contributed by atoms with van der Waals surface area (Å²) in [5, 5.41) is 2.26. The van der Waals surface area contributed by atoms with Crippen LogP contribution in [0.4, 0.5) is 0 Å². The van der Waals surface area contributed by atoms with Gasteiger partial charge in [0.15, 0.2) is 0 Å². The summed E-state index contributed by atoms with van der Waals surface area (Å²) >= 11 is 0. The third-order valence-corrected chi connectivity index (χ3v) is 2.41. The lowest BCUT2D eigenvalue weighted by atomic mass is 9.95. The molecule has 0 bridgehead atoms. The van der Waals surface area contributed by atoms with Gasteiger partial charge >= 0.3 is 0 Å². The van der Waals surface area contributed by atoms with Gasteiger partial charge in [0.25, 0.3) is 5.91 Å². The van der Waals surface area contributed by atoms with Gasteiger partial charge in [-0.1, -0.05) is 26.8 Å². The predicted octanol–water partition coefficient (Wildman–Crippen LogP) is 1.25. The molecule has 2 amide bonds. The minimum atomic E-state index is -0.225. The summed E-state index contributed by atoms with van der Waals surface area (Å²) in [6.45, 7) is 6.24. The van der Waals surface area contributed by atoms with Crippen molar-refractivity contribution in [2.24, 2.45) is 11.8 Å². The Morgan fingerprint density at radius 1 is 1.31 bits per heavy atom. The highest BCUT2D eigenvalue weighted by atomic mass is 16.2. The van der Waals surface area contributed by atoms with E-state index in [4.69, 9.17) is 0 Å². The van der Waals surface area contributed by atoms with Crippen molar-refractivity contribution in [3.05, 3.63) is 11.6 Å². The molecule has 3 heteroatoms. The van der Waals surface area contributed by atoms with Crippen LogP contribution in [0.15, 0.2) is 11.6 Å². The molecule has 13 heavy (non-hydrogen) atoms. The Kier molecular flexibility index (Phi) is 2.86. The minimum Gasteiger partial charge on any atom is -0.292 e. The van der Waals surface area contributed by atoms with Crippen molar-refractivity contribution in [1.82, 2.24) is 5.32 Å². The maximum absolute atomic E-state index is 11.1. The second-order valence-corrected chi connectivity index (χ2v) is 3.85. The zero-order chi connectivity index (χ0) is 10.0. The number of hydrogen-bond acceptors (Lipinski definition) is 2. The number of allylic oxidation sites excluding steroid dienone is 1. The van der Waals surface area contributed by atoms with E-state index < -0.39 is 0 Å². The van der Waals surface area contributed by atoms with Crippen molar-refractivity contribution in [2.75, 3.05) is 0 Å². The molecule has 1 rings (SSSR count). The van der Waals surface area contributed by atoms with Gasteiger partial charge in [0.1, 0.15) is 0 Å². The number of hydrogen-bond donors (Lipinski definition) is 1. The highest BCUT2D eigenvalue weighted by molar-refractivity contribution is 6.13. The number of carbonyl (C=O) groups is 2. The fourth-order valence-electron chi connectivity index (χ4n) is 1.15. The van der Waals surface area contributed by atoms with Gasteiger partial charge in [-0.2, -0.15) is 0 Å². The second kappa shape index (κ2) is 3.73. The van der Waals surface area contributed by atoms with Crippen LogP contribution in [0.2, 0.25) is 0 Å². The van der Waals surface area contributed by atoms with Gasteiger partial charge in [0.2, 0.25) is 5.91 Å². The SMILES string of the molecule is CC(C)C(C)/C=C1/CC(=O)NC1=O. The van der Waals surface area contributed by atoms with Crippen LogP contribution in [-0.4, -0.2) is 11.8 Å². The molecule has 1 fully saturated rings. The molecular weight excluding hydrogens is 166 g/mol. The Balaban J connectivity index is 2.71. The third kappa shape index (κ3) is 2.41. The number of rotatable bonds is 2. The first-order chi connectivity index (χ1) is 6.00. The van der Waals surface area contributed by atoms with E-state index in [1.165, 1.54) is 0 Å². The molecule has 0 aromatic carbocycles. The maximum atomic E-state index is 11.1. The average molecular weight is 181 g/mol. The highest BCUT2D eigenvalue weighted by Gasteiger charge is 2.24. The Hall–Kier alpha value is -1.12. The molecule has 1 heterocycles. The van der Waals surface area contributed by atoms with Crippen LogP contribution < -0.4 is 5.32 Å². The van der Waals surface area contributed by atoms with Crippen molar-refractivity contribution in [2.45, 2.75) is 27.2 Å². The van der Waals surface area contributed by atoms with Gasteiger partial charge < -0.3 is 0 Å². The van der Waals surface area contributed by atoms with Crippen LogP contribution in [-0.2, 0) is 9.59 Å². The van der Waals surface area contributed by atoms with Crippen LogP contribution in [0.25, 0.3) is 0 Å². The van der Waals surface area contributed by atoms with Gasteiger partial charge in [-0.05, 0) is 11.8 Å². The fraction of sp³-hybridized carbons (Fsp3) is 0.600. The van der Waals surface area contributed by atoms with E-state index in [9.17, 15) is 9.59 Å². The molecule has 1 atom stereocenters. The summed E-state index contributed by atoms with van der Waals surface area (Å²) in [6, 6.07) is 0. The van der Waals surface area contributed by atoms with Crippen molar-refractivity contribution in [3.8, 4) is 0 Å². The van der Waals surface area contributed by atoms with Crippen molar-refractivity contribution >= 4 is 11.8 Å². The van der Waals surface area contributed by atoms with E-state index in [1.54, 1.807) is 0 Å². The Bertz CT molecular complexity index is 266. The van der Waals surface area contributed by atoms with Gasteiger partial charge in [0.05, 0.1) is 6.42 Å². The van der Waals surface area contributed by atoms with Gasteiger partial charge in [0, 0.05) is 5.57 Å². The molecule has 1 aliphatic heterocycles. The van der Waals surface area contributed by atoms with Crippen molar-refractivity contribution in [3.63, 3.8) is 0 Å². The molecule has 1 unspecified atom stereocenters. The summed E-state index contributed by atoms with van der Waals surface area (Å²) in [7, 11) is 0. The number of imide groups is 1. The minimum absolute atomic E-state index is 0.188. The molecule has 0 radical (unpaired) electrons. The van der Waals surface area contributed by atoms with Gasteiger partial charge in [-0.25, -0.2) is 0 Å². The first kappa shape index (κ1) is 9.96. The predicted molar refractivity (Wildman–Crippen MR) is 49.9 cm³/mol. The molecule has 0 aliphatic carbocycles. The molecule has 3 nitrogen and oxygen atoms in total. The lowest BCUT2D eigenvalue weighted by Gasteiger charge is -2.10. The van der Waals surface area contributed by atoms with Crippen LogP contribution in [0, 0.1) is 11.8 Å². The molecule has 0 saturated carbocycles. The van der Waals surface area contributed by atoms with Crippen molar-refractivity contribution < 1.29 is 9.59 Å². The smallest absolute Gasteiger partial charge is 0.253 e. The van der Waals surface area contributed by atoms with E-state index in [-0.39, 0.29) is 18.2 Å². The molecule has 0 aromatic heterocycles. The van der Waals surface area contributed by atoms with E-state index in [0.29, 0.717) is 17.4 Å². The first-order valence-corrected chi connectivity index (χ1v) is 4.55. The second-order valence-electron chi connectivity index (χ2n) is 3.85. The van der Waals surface area contributed by atoms with Crippen LogP contribution in [0.1, 0.15) is 27.2 Å². The van der Waals surface area contributed by atoms with Crippen LogP contribution >= 0.6 is 0 Å². The quantitative estimate of drug-likeness (QED) is 0.515. The fourth-order valence-corrected chi connectivity index (χ4v) is 1.15. The van der Waals surface area contributed by atoms with E-state index in [1.807, 2.05) is 13.0 Å². The van der Waals surface area contributed by atoms with E-state index in [2.05, 4.69) is 19.2 Å². The molecular formula is C10H15NO2. The Morgan fingerprint density at radius 3 is 2.31 bits per heavy atom. The van der Waals surface area contributed by atoms with Gasteiger partial charge in [-0.3, -0.25) is 14.9 Å². The molecule has 72 valence electrons. The zero-order valence-corrected chi connectivity index (χ0v) is 8.26. The lowest BCUT2D eigenvalue weighted by molar-refractivity contribution is -0.124. The lowest BCUT2D eigenvalue weighted by Crippen LogP contribution is -2.19. The van der Waals surface area contributed by atoms with E-state index in [0.717, 1.165) is 0 Å². The monoisotopic (exact) mass is 181 g/mol. The number of amides is 2. The standard InChI is InChI=1S/C10H15NO2/c1-6(2)7(3)4-8-5-9(12)11-10(8)13/h4,6-7H,5H2,1-3H3,(H,11,12,13)/b8-4-. The average Bonchev–Trinajstić information content (AvgIpc) is 2.30. The number of carbonyl (C=O) groups excluding carboxylic acids is 2. The normalized spacial score (nSPS) is 22.6. The molecule has 1 saturated heterocycles. The summed E-state index contributed by atoms with van der Waals surface area (Å²) in [5.41, 5.74) is 0.617. The maximum Gasteiger partial charge on any atom is 0.253 e.